The third-order valence-corrected chi connectivity index (χ3v) is 1.34. The number of H-pyrrole nitrogens is 1. The monoisotopic (exact) mass is 158 g/mol. The molecular formula is C6H7ClN2O. The molecule has 0 aromatic carbocycles. The summed E-state index contributed by atoms with van der Waals surface area (Å²) in [5.74, 6) is -0.160. The Bertz CT molecular complexity index is 244. The van der Waals surface area contributed by atoms with E-state index in [0.29, 0.717) is 10.8 Å². The van der Waals surface area contributed by atoms with Gasteiger partial charge in [0.25, 0.3) is 5.91 Å². The Hall–Kier alpha value is -0.960. The Morgan fingerprint density at radius 1 is 1.70 bits per heavy atom. The zero-order chi connectivity index (χ0) is 7.56. The second-order valence-electron chi connectivity index (χ2n) is 1.80. The number of nitrogens with one attached hydrogen (secondary N) is 2. The maximum Gasteiger partial charge on any atom is 0.267 e. The summed E-state index contributed by atoms with van der Waals surface area (Å²) in [4.78, 5) is 13.5. The molecule has 0 aliphatic rings. The van der Waals surface area contributed by atoms with Crippen molar-refractivity contribution in [3.8, 4) is 0 Å². The topological polar surface area (TPSA) is 44.9 Å². The van der Waals surface area contributed by atoms with Crippen LogP contribution in [0, 0.1) is 0 Å². The summed E-state index contributed by atoms with van der Waals surface area (Å²) in [5.41, 5.74) is 0.479. The number of hydrogen-bond donors (Lipinski definition) is 2. The average Bonchev–Trinajstić information content (AvgIpc) is 2.34. The van der Waals surface area contributed by atoms with Gasteiger partial charge in [0.1, 0.15) is 10.8 Å². The summed E-state index contributed by atoms with van der Waals surface area (Å²) in [6.07, 6.45) is 0. The van der Waals surface area contributed by atoms with E-state index in [4.69, 9.17) is 11.6 Å². The predicted molar refractivity (Wildman–Crippen MR) is 39.2 cm³/mol. The Morgan fingerprint density at radius 2 is 2.40 bits per heavy atom. The smallest absolute Gasteiger partial charge is 0.267 e. The highest BCUT2D eigenvalue weighted by molar-refractivity contribution is 6.29. The van der Waals surface area contributed by atoms with Gasteiger partial charge in [-0.1, -0.05) is 11.6 Å². The Morgan fingerprint density at radius 3 is 2.80 bits per heavy atom. The molecule has 0 atom stereocenters. The average molecular weight is 159 g/mol. The van der Waals surface area contributed by atoms with E-state index in [1.807, 2.05) is 0 Å². The second kappa shape index (κ2) is 2.75. The van der Waals surface area contributed by atoms with E-state index in [9.17, 15) is 4.79 Å². The van der Waals surface area contributed by atoms with Crippen LogP contribution in [0.15, 0.2) is 12.1 Å². The molecule has 0 fully saturated rings. The van der Waals surface area contributed by atoms with Crippen LogP contribution in [0.3, 0.4) is 0 Å². The first-order valence-electron chi connectivity index (χ1n) is 2.80. The van der Waals surface area contributed by atoms with Crippen LogP contribution in [-0.4, -0.2) is 17.9 Å². The molecule has 0 saturated heterocycles. The second-order valence-corrected chi connectivity index (χ2v) is 2.21. The first kappa shape index (κ1) is 7.15. The largest absolute Gasteiger partial charge is 0.354 e. The lowest BCUT2D eigenvalue weighted by atomic mass is 10.4. The highest BCUT2D eigenvalue weighted by atomic mass is 35.5. The molecule has 0 aliphatic carbocycles. The quantitative estimate of drug-likeness (QED) is 0.630. The summed E-state index contributed by atoms with van der Waals surface area (Å²) in [5, 5.41) is 2.94. The van der Waals surface area contributed by atoms with Gasteiger partial charge in [-0.25, -0.2) is 0 Å². The minimum Gasteiger partial charge on any atom is -0.354 e. The van der Waals surface area contributed by atoms with Crippen LogP contribution < -0.4 is 5.32 Å². The maximum atomic E-state index is 10.8. The van der Waals surface area contributed by atoms with E-state index >= 15 is 0 Å². The highest BCUT2D eigenvalue weighted by Crippen LogP contribution is 2.06. The Kier molecular flexibility index (Phi) is 1.97. The van der Waals surface area contributed by atoms with Gasteiger partial charge in [-0.15, -0.1) is 0 Å². The van der Waals surface area contributed by atoms with Gasteiger partial charge in [0.05, 0.1) is 0 Å². The first-order valence-corrected chi connectivity index (χ1v) is 3.18. The van der Waals surface area contributed by atoms with Gasteiger partial charge < -0.3 is 10.3 Å². The molecule has 1 rings (SSSR count). The number of halogens is 1. The molecule has 0 unspecified atom stereocenters. The number of hydrogen-bond acceptors (Lipinski definition) is 1. The third-order valence-electron chi connectivity index (χ3n) is 1.12. The van der Waals surface area contributed by atoms with Crippen molar-refractivity contribution >= 4 is 17.5 Å². The lowest BCUT2D eigenvalue weighted by Gasteiger charge is -1.92. The van der Waals surface area contributed by atoms with Crippen LogP contribution in [0.1, 0.15) is 10.5 Å². The molecule has 1 amide bonds. The summed E-state index contributed by atoms with van der Waals surface area (Å²) in [6, 6.07) is 3.26. The number of amides is 1. The number of rotatable bonds is 1. The zero-order valence-corrected chi connectivity index (χ0v) is 6.20. The SMILES string of the molecule is CNC(=O)c1ccc(Cl)[nH]1. The van der Waals surface area contributed by atoms with Crippen LogP contribution in [0.2, 0.25) is 5.15 Å². The summed E-state index contributed by atoms with van der Waals surface area (Å²) in [6.45, 7) is 0. The molecule has 54 valence electrons. The molecule has 2 N–H and O–H groups in total. The fourth-order valence-corrected chi connectivity index (χ4v) is 0.800. The molecule has 10 heavy (non-hydrogen) atoms. The minimum absolute atomic E-state index is 0.160. The van der Waals surface area contributed by atoms with Crippen molar-refractivity contribution in [2.75, 3.05) is 7.05 Å². The first-order chi connectivity index (χ1) is 4.74. The number of aromatic nitrogens is 1. The molecule has 4 heteroatoms. The molecule has 0 radical (unpaired) electrons. The number of carbonyl (C=O) groups excluding carboxylic acids is 1. The van der Waals surface area contributed by atoms with Crippen LogP contribution in [0.4, 0.5) is 0 Å². The van der Waals surface area contributed by atoms with E-state index in [2.05, 4.69) is 10.3 Å². The van der Waals surface area contributed by atoms with Crippen LogP contribution in [-0.2, 0) is 0 Å². The summed E-state index contributed by atoms with van der Waals surface area (Å²) >= 11 is 5.53. The van der Waals surface area contributed by atoms with Crippen molar-refractivity contribution in [2.45, 2.75) is 0 Å². The van der Waals surface area contributed by atoms with Gasteiger partial charge in [0, 0.05) is 7.05 Å². The molecule has 0 aliphatic heterocycles. The predicted octanol–water partition coefficient (Wildman–Crippen LogP) is 1.03. The molecule has 0 spiro atoms. The molecule has 1 aromatic heterocycles. The third kappa shape index (κ3) is 1.30. The maximum absolute atomic E-state index is 10.8. The molecule has 0 saturated carbocycles. The Balaban J connectivity index is 2.85. The number of carbonyl (C=O) groups is 1. The Labute approximate surface area is 63.4 Å². The van der Waals surface area contributed by atoms with Crippen molar-refractivity contribution in [2.24, 2.45) is 0 Å². The minimum atomic E-state index is -0.160. The molecule has 0 bridgehead atoms. The fourth-order valence-electron chi connectivity index (χ4n) is 0.636. The molecule has 3 nitrogen and oxygen atoms in total. The van der Waals surface area contributed by atoms with Crippen LogP contribution >= 0.6 is 11.6 Å². The van der Waals surface area contributed by atoms with Crippen molar-refractivity contribution in [3.63, 3.8) is 0 Å². The van der Waals surface area contributed by atoms with E-state index in [-0.39, 0.29) is 5.91 Å². The van der Waals surface area contributed by atoms with Crippen LogP contribution in [0.25, 0.3) is 0 Å². The van der Waals surface area contributed by atoms with Crippen molar-refractivity contribution in [3.05, 3.63) is 23.0 Å². The van der Waals surface area contributed by atoms with Gasteiger partial charge in [-0.05, 0) is 12.1 Å². The zero-order valence-electron chi connectivity index (χ0n) is 5.44. The summed E-state index contributed by atoms with van der Waals surface area (Å²) in [7, 11) is 1.57. The fraction of sp³-hybridized carbons (Fsp3) is 0.167. The number of aromatic amines is 1. The molecule has 1 aromatic rings. The molecular weight excluding hydrogens is 152 g/mol. The van der Waals surface area contributed by atoms with Crippen molar-refractivity contribution in [1.29, 1.82) is 0 Å². The summed E-state index contributed by atoms with van der Waals surface area (Å²) < 4.78 is 0. The van der Waals surface area contributed by atoms with E-state index in [1.165, 1.54) is 0 Å². The van der Waals surface area contributed by atoms with Gasteiger partial charge in [0.15, 0.2) is 0 Å². The highest BCUT2D eigenvalue weighted by Gasteiger charge is 2.03. The standard InChI is InChI=1S/C6H7ClN2O/c1-8-6(10)4-2-3-5(7)9-4/h2-3,9H,1H3,(H,8,10). The van der Waals surface area contributed by atoms with E-state index < -0.39 is 0 Å². The van der Waals surface area contributed by atoms with Crippen LogP contribution in [0.5, 0.6) is 0 Å². The normalized spacial score (nSPS) is 9.40. The van der Waals surface area contributed by atoms with Gasteiger partial charge in [0.2, 0.25) is 0 Å². The van der Waals surface area contributed by atoms with Gasteiger partial charge >= 0.3 is 0 Å². The van der Waals surface area contributed by atoms with Crippen molar-refractivity contribution in [1.82, 2.24) is 10.3 Å². The van der Waals surface area contributed by atoms with Crippen molar-refractivity contribution < 1.29 is 4.79 Å². The lowest BCUT2D eigenvalue weighted by Crippen LogP contribution is -2.17. The molecule has 1 heterocycles. The van der Waals surface area contributed by atoms with E-state index in [1.54, 1.807) is 19.2 Å². The van der Waals surface area contributed by atoms with Gasteiger partial charge in [-0.3, -0.25) is 4.79 Å². The lowest BCUT2D eigenvalue weighted by molar-refractivity contribution is 0.0959. The van der Waals surface area contributed by atoms with Gasteiger partial charge in [-0.2, -0.15) is 0 Å². The van der Waals surface area contributed by atoms with E-state index in [0.717, 1.165) is 0 Å².